The molecule has 0 aliphatic carbocycles. The van der Waals surface area contributed by atoms with Gasteiger partial charge < -0.3 is 19.5 Å². The van der Waals surface area contributed by atoms with Gasteiger partial charge >= 0.3 is 12.6 Å². The van der Waals surface area contributed by atoms with Crippen LogP contribution < -0.4 is 19.5 Å². The van der Waals surface area contributed by atoms with Gasteiger partial charge in [0.25, 0.3) is 5.91 Å². The van der Waals surface area contributed by atoms with Crippen LogP contribution in [0.2, 0.25) is 0 Å². The predicted octanol–water partition coefficient (Wildman–Crippen LogP) is 2.82. The number of ether oxygens (including phenoxy) is 3. The second-order valence-electron chi connectivity index (χ2n) is 6.43. The lowest BCUT2D eigenvalue weighted by atomic mass is 9.92. The van der Waals surface area contributed by atoms with Crippen molar-refractivity contribution in [2.45, 2.75) is 19.1 Å². The van der Waals surface area contributed by atoms with E-state index in [1.54, 1.807) is 18.2 Å². The van der Waals surface area contributed by atoms with E-state index in [2.05, 4.69) is 15.2 Å². The number of hydrogen-bond donors (Lipinski definition) is 1. The minimum absolute atomic E-state index is 0.0539. The summed E-state index contributed by atoms with van der Waals surface area (Å²) in [7, 11) is 0. The molecule has 2 aliphatic rings. The Balaban J connectivity index is 1.53. The number of fused-ring (bicyclic) bond motifs is 1. The number of urea groups is 1. The van der Waals surface area contributed by atoms with Crippen LogP contribution in [0.1, 0.15) is 18.1 Å². The molecule has 1 saturated heterocycles. The maximum absolute atomic E-state index is 12.8. The number of carbonyl (C=O) groups is 2. The zero-order chi connectivity index (χ0) is 20.6. The first-order chi connectivity index (χ1) is 13.9. The molecular weight excluding hydrogens is 388 g/mol. The minimum atomic E-state index is -2.95. The van der Waals surface area contributed by atoms with Gasteiger partial charge in [-0.3, -0.25) is 4.79 Å². The summed E-state index contributed by atoms with van der Waals surface area (Å²) in [5.74, 6) is 0.481. The molecule has 1 atom stereocenters. The van der Waals surface area contributed by atoms with Gasteiger partial charge in [0.05, 0.1) is 6.21 Å². The summed E-state index contributed by atoms with van der Waals surface area (Å²) in [5, 5.41) is 7.28. The molecule has 8 nitrogen and oxygen atoms in total. The predicted molar refractivity (Wildman–Crippen MR) is 96.0 cm³/mol. The van der Waals surface area contributed by atoms with Crippen LogP contribution in [-0.2, 0) is 10.3 Å². The van der Waals surface area contributed by atoms with Crippen LogP contribution >= 0.6 is 0 Å². The summed E-state index contributed by atoms with van der Waals surface area (Å²) in [4.78, 5) is 25.1. The van der Waals surface area contributed by atoms with Crippen LogP contribution in [0.3, 0.4) is 0 Å². The Morgan fingerprint density at radius 1 is 1.17 bits per heavy atom. The highest BCUT2D eigenvalue weighted by atomic mass is 19.3. The summed E-state index contributed by atoms with van der Waals surface area (Å²) in [6.45, 7) is -1.32. The van der Waals surface area contributed by atoms with Crippen molar-refractivity contribution in [2.24, 2.45) is 5.10 Å². The molecule has 0 spiro atoms. The number of nitrogens with one attached hydrogen (secondary N) is 1. The topological polar surface area (TPSA) is 89.5 Å². The van der Waals surface area contributed by atoms with E-state index in [4.69, 9.17) is 9.47 Å². The van der Waals surface area contributed by atoms with Crippen molar-refractivity contribution in [1.82, 2.24) is 10.3 Å². The molecular formula is C19H15F2N3O5. The SMILES string of the molecule is CC1(c2ccc(OC(F)F)cc2)NC(=O)N(/N=C/c2ccc3c(c2)OCO3)C1=O. The van der Waals surface area contributed by atoms with Gasteiger partial charge in [0, 0.05) is 0 Å². The third-order valence-corrected chi connectivity index (χ3v) is 4.55. The van der Waals surface area contributed by atoms with E-state index >= 15 is 0 Å². The molecule has 2 aromatic carbocycles. The molecule has 150 valence electrons. The molecule has 0 bridgehead atoms. The average Bonchev–Trinajstić information content (AvgIpc) is 3.23. The normalized spacial score (nSPS) is 20.6. The maximum Gasteiger partial charge on any atom is 0.387 e. The molecule has 2 heterocycles. The number of benzene rings is 2. The van der Waals surface area contributed by atoms with Crippen molar-refractivity contribution >= 4 is 18.2 Å². The fraction of sp³-hybridized carbons (Fsp3) is 0.211. The number of halogens is 2. The van der Waals surface area contributed by atoms with Crippen molar-refractivity contribution in [2.75, 3.05) is 6.79 Å². The van der Waals surface area contributed by atoms with Crippen LogP contribution in [0.25, 0.3) is 0 Å². The highest BCUT2D eigenvalue weighted by molar-refractivity contribution is 6.07. The lowest BCUT2D eigenvalue weighted by Gasteiger charge is -2.21. The summed E-state index contributed by atoms with van der Waals surface area (Å²) < 4.78 is 39.4. The van der Waals surface area contributed by atoms with E-state index in [0.717, 1.165) is 0 Å². The molecule has 1 fully saturated rings. The monoisotopic (exact) mass is 403 g/mol. The molecule has 1 unspecified atom stereocenters. The fourth-order valence-electron chi connectivity index (χ4n) is 3.01. The molecule has 3 amide bonds. The first-order valence-electron chi connectivity index (χ1n) is 8.52. The second kappa shape index (κ2) is 7.04. The number of nitrogens with zero attached hydrogens (tertiary/aromatic N) is 2. The van der Waals surface area contributed by atoms with Gasteiger partial charge in [-0.1, -0.05) is 12.1 Å². The Bertz CT molecular complexity index is 996. The van der Waals surface area contributed by atoms with Crippen molar-refractivity contribution in [1.29, 1.82) is 0 Å². The molecule has 0 radical (unpaired) electrons. The zero-order valence-corrected chi connectivity index (χ0v) is 15.1. The van der Waals surface area contributed by atoms with Gasteiger partial charge in [-0.25, -0.2) is 4.79 Å². The Labute approximate surface area is 163 Å². The van der Waals surface area contributed by atoms with Gasteiger partial charge in [0.2, 0.25) is 6.79 Å². The quantitative estimate of drug-likeness (QED) is 0.613. The van der Waals surface area contributed by atoms with Crippen molar-refractivity contribution in [3.63, 3.8) is 0 Å². The lowest BCUT2D eigenvalue weighted by molar-refractivity contribution is -0.131. The number of rotatable bonds is 5. The standard InChI is InChI=1S/C19H15F2N3O5/c1-19(12-3-5-13(6-4-12)29-17(20)21)16(25)24(18(26)23-19)22-9-11-2-7-14-15(8-11)28-10-27-14/h2-9,17H,10H2,1H3,(H,23,26)/b22-9+. The molecule has 1 N–H and O–H groups in total. The Morgan fingerprint density at radius 3 is 2.62 bits per heavy atom. The molecule has 0 aromatic heterocycles. The maximum atomic E-state index is 12.8. The van der Waals surface area contributed by atoms with E-state index in [9.17, 15) is 18.4 Å². The van der Waals surface area contributed by atoms with Gasteiger partial charge in [-0.15, -0.1) is 5.01 Å². The lowest BCUT2D eigenvalue weighted by Crippen LogP contribution is -2.40. The van der Waals surface area contributed by atoms with Crippen LogP contribution in [-0.4, -0.2) is 36.6 Å². The number of imide groups is 1. The first-order valence-corrected chi connectivity index (χ1v) is 8.52. The van der Waals surface area contributed by atoms with Crippen LogP contribution in [0.15, 0.2) is 47.6 Å². The fourth-order valence-corrected chi connectivity index (χ4v) is 3.01. The number of alkyl halides is 2. The van der Waals surface area contributed by atoms with Crippen molar-refractivity contribution < 1.29 is 32.6 Å². The Morgan fingerprint density at radius 2 is 1.90 bits per heavy atom. The highest BCUT2D eigenvalue weighted by Gasteiger charge is 2.49. The molecule has 2 aromatic rings. The molecule has 0 saturated carbocycles. The largest absolute Gasteiger partial charge is 0.454 e. The van der Waals surface area contributed by atoms with Crippen LogP contribution in [0.5, 0.6) is 17.2 Å². The molecule has 4 rings (SSSR count). The summed E-state index contributed by atoms with van der Waals surface area (Å²) >= 11 is 0. The number of amides is 3. The third kappa shape index (κ3) is 3.44. The van der Waals surface area contributed by atoms with Gasteiger partial charge in [0.1, 0.15) is 11.3 Å². The Hall–Kier alpha value is -3.69. The summed E-state index contributed by atoms with van der Waals surface area (Å²) in [6.07, 6.45) is 1.35. The first kappa shape index (κ1) is 18.7. The molecule has 29 heavy (non-hydrogen) atoms. The number of hydrazone groups is 1. The average molecular weight is 403 g/mol. The molecule has 10 heteroatoms. The van der Waals surface area contributed by atoms with E-state index in [0.29, 0.717) is 27.6 Å². The van der Waals surface area contributed by atoms with E-state index in [1.807, 2.05) is 0 Å². The minimum Gasteiger partial charge on any atom is -0.454 e. The smallest absolute Gasteiger partial charge is 0.387 e. The molecule has 2 aliphatic heterocycles. The van der Waals surface area contributed by atoms with Crippen LogP contribution in [0.4, 0.5) is 13.6 Å². The second-order valence-corrected chi connectivity index (χ2v) is 6.43. The van der Waals surface area contributed by atoms with E-state index in [-0.39, 0.29) is 12.5 Å². The third-order valence-electron chi connectivity index (χ3n) is 4.55. The summed E-state index contributed by atoms with van der Waals surface area (Å²) in [5.41, 5.74) is -0.387. The highest BCUT2D eigenvalue weighted by Crippen LogP contribution is 2.33. The zero-order valence-electron chi connectivity index (χ0n) is 15.1. The van der Waals surface area contributed by atoms with E-state index in [1.165, 1.54) is 37.4 Å². The number of carbonyl (C=O) groups excluding carboxylic acids is 2. The van der Waals surface area contributed by atoms with Crippen molar-refractivity contribution in [3.05, 3.63) is 53.6 Å². The van der Waals surface area contributed by atoms with Gasteiger partial charge in [0.15, 0.2) is 11.5 Å². The number of hydrogen-bond acceptors (Lipinski definition) is 6. The van der Waals surface area contributed by atoms with Gasteiger partial charge in [-0.2, -0.15) is 13.9 Å². The van der Waals surface area contributed by atoms with Crippen LogP contribution in [0, 0.1) is 0 Å². The Kier molecular flexibility index (Phi) is 4.53. The van der Waals surface area contributed by atoms with E-state index < -0.39 is 24.1 Å². The summed E-state index contributed by atoms with van der Waals surface area (Å²) in [6, 6.07) is 9.82. The van der Waals surface area contributed by atoms with Crippen molar-refractivity contribution in [3.8, 4) is 17.2 Å². The van der Waals surface area contributed by atoms with Gasteiger partial charge in [-0.05, 0) is 48.4 Å².